The first kappa shape index (κ1) is 37.0. The zero-order valence-electron chi connectivity index (χ0n) is 28.3. The number of pyridine rings is 1. The number of nitrogens with two attached hydrogens (primary N) is 1. The Hall–Kier alpha value is -4.75. The van der Waals surface area contributed by atoms with Crippen LogP contribution in [0.5, 0.6) is 5.75 Å². The fraction of sp³-hybridized carbons (Fsp3) is 0.515. The van der Waals surface area contributed by atoms with Gasteiger partial charge in [-0.3, -0.25) is 24.1 Å². The van der Waals surface area contributed by atoms with Crippen LogP contribution in [0.4, 0.5) is 5.13 Å². The molecule has 0 aliphatic carbocycles. The van der Waals surface area contributed by atoms with Gasteiger partial charge in [0.25, 0.3) is 0 Å². The summed E-state index contributed by atoms with van der Waals surface area (Å²) in [7, 11) is 2.06. The number of anilines is 1. The predicted octanol–water partition coefficient (Wildman–Crippen LogP) is -0.766. The number of fused-ring (bicyclic) bond motifs is 3. The predicted molar refractivity (Wildman–Crippen MR) is 181 cm³/mol. The number of carboxylic acids is 2. The van der Waals surface area contributed by atoms with Crippen molar-refractivity contribution < 1.29 is 53.8 Å². The number of aromatic hydroxyl groups is 1. The molecule has 4 aliphatic rings. The maximum absolute atomic E-state index is 13.6. The molecule has 17 nitrogen and oxygen atoms in total. The van der Waals surface area contributed by atoms with Gasteiger partial charge in [0, 0.05) is 61.3 Å². The van der Waals surface area contributed by atoms with E-state index in [2.05, 4.69) is 17.2 Å². The molecular weight excluding hydrogens is 721 g/mol. The number of likely N-dealkylation sites (N-methyl/N-ethyl adjacent to an activating group) is 1. The molecule has 2 aromatic rings. The number of oxime groups is 1. The quantitative estimate of drug-likeness (QED) is 0.0535. The molecule has 1 amide bonds. The van der Waals surface area contributed by atoms with Crippen molar-refractivity contribution in [3.05, 3.63) is 50.5 Å². The van der Waals surface area contributed by atoms with Gasteiger partial charge in [0.2, 0.25) is 11.3 Å². The van der Waals surface area contributed by atoms with Crippen LogP contribution in [0.3, 0.4) is 0 Å². The first-order chi connectivity index (χ1) is 24.6. The van der Waals surface area contributed by atoms with E-state index >= 15 is 0 Å². The summed E-state index contributed by atoms with van der Waals surface area (Å²) in [4.78, 5) is 86.2. The maximum Gasteiger partial charge on any atom is 0.234 e. The number of β-lactam (4-membered cyclic amide) rings is 1. The smallest absolute Gasteiger partial charge is 0.234 e. The molecule has 2 unspecified atom stereocenters. The number of nitrogens with zero attached hydrogens (tertiary/aromatic N) is 5. The summed E-state index contributed by atoms with van der Waals surface area (Å²) < 4.78 is 0.979. The normalized spacial score (nSPS) is 27.5. The van der Waals surface area contributed by atoms with Crippen LogP contribution in [0.25, 0.3) is 0 Å². The number of hydrogen-bond acceptors (Lipinski definition) is 16. The molecule has 6 rings (SSSR count). The summed E-state index contributed by atoms with van der Waals surface area (Å²) in [6, 6.07) is 1.09. The molecule has 0 radical (unpaired) electrons. The number of rotatable bonds is 14. The lowest BCUT2D eigenvalue weighted by atomic mass is 9.84. The highest BCUT2D eigenvalue weighted by molar-refractivity contribution is 8.00. The number of ketones is 2. The molecule has 4 N–H and O–H groups in total. The number of quaternary nitrogens is 1. The summed E-state index contributed by atoms with van der Waals surface area (Å²) in [5, 5.41) is 48.3. The van der Waals surface area contributed by atoms with Crippen LogP contribution in [0.15, 0.2) is 38.9 Å². The van der Waals surface area contributed by atoms with Gasteiger partial charge in [-0.2, -0.15) is 4.73 Å². The number of thiazole rings is 1. The maximum atomic E-state index is 13.6. The molecular formula is C33H37N6O11S2-. The SMILES string of the molecule is CC[C@H](O/N=C(\C(=O)C[C@@H]1C(=O)N2C(C(=O)[O-])=C(C[N+]3(C)[C@@H]4CC[C@H]3CC(CC(=O)c3cc(=O)c(O)cn3O)C4)CS[C@H]12)c1csc(N)n1)C(=O)[O-]. The molecule has 0 saturated carbocycles. The van der Waals surface area contributed by atoms with Crippen LogP contribution in [0.2, 0.25) is 0 Å². The Balaban J connectivity index is 1.15. The van der Waals surface area contributed by atoms with E-state index in [1.165, 1.54) is 29.0 Å². The number of thioether (sulfide) groups is 1. The lowest BCUT2D eigenvalue weighted by Gasteiger charge is -2.53. The number of piperidine rings is 1. The van der Waals surface area contributed by atoms with Crippen LogP contribution in [-0.2, 0) is 24.0 Å². The lowest BCUT2D eigenvalue weighted by Crippen LogP contribution is -2.64. The fourth-order valence-corrected chi connectivity index (χ4v) is 9.99. The number of aromatic nitrogens is 2. The van der Waals surface area contributed by atoms with Crippen LogP contribution in [0, 0.1) is 11.8 Å². The lowest BCUT2D eigenvalue weighted by molar-refractivity contribution is -0.945. The van der Waals surface area contributed by atoms with Crippen LogP contribution >= 0.6 is 23.1 Å². The number of Topliss-reactive ketones (excluding diaryl/α,β-unsaturated/α-hetero) is 2. The molecule has 52 heavy (non-hydrogen) atoms. The minimum Gasteiger partial charge on any atom is -0.546 e. The highest BCUT2D eigenvalue weighted by Gasteiger charge is 2.56. The fourth-order valence-electron chi connectivity index (χ4n) is 8.04. The second-order valence-corrected chi connectivity index (χ2v) is 15.8. The van der Waals surface area contributed by atoms with Crippen molar-refractivity contribution in [1.29, 1.82) is 0 Å². The molecule has 0 spiro atoms. The van der Waals surface area contributed by atoms with E-state index in [0.29, 0.717) is 34.2 Å². The second-order valence-electron chi connectivity index (χ2n) is 13.8. The van der Waals surface area contributed by atoms with Crippen molar-refractivity contribution in [2.75, 3.05) is 25.1 Å². The third-order valence-corrected chi connectivity index (χ3v) is 12.8. The van der Waals surface area contributed by atoms with Gasteiger partial charge in [0.1, 0.15) is 17.9 Å². The van der Waals surface area contributed by atoms with E-state index in [4.69, 9.17) is 10.6 Å². The van der Waals surface area contributed by atoms with Crippen molar-refractivity contribution in [2.24, 2.45) is 17.0 Å². The van der Waals surface area contributed by atoms with E-state index in [1.807, 2.05) is 0 Å². The average Bonchev–Trinajstić information content (AvgIpc) is 3.55. The van der Waals surface area contributed by atoms with Crippen LogP contribution < -0.4 is 21.4 Å². The zero-order chi connectivity index (χ0) is 37.6. The Labute approximate surface area is 304 Å². The number of hydrogen-bond donors (Lipinski definition) is 3. The minimum absolute atomic E-state index is 0.0112. The molecule has 2 bridgehead atoms. The standard InChI is InChI=1S/C33H38N6O11S2/c1-3-26(31(45)46)50-36-27(20-14-52-33(34)35-20)24(42)9-19-29(44)38-28(32(47)48)16(13-51-30(19)38)12-39(2)17-4-5-18(39)7-15(6-17)8-22(40)21-10-23(41)25(43)11-37(21)49/h10-11,14-15,17-19,26,30,49H,3-9,12-13H2,1-2H3,(H4-,34,35,43,45,46,47,48)/p-1/b36-27-/t15?,17-,18+,19-,26+,30-,39?/m1/s1. The number of amides is 1. The molecule has 4 aliphatic heterocycles. The Morgan fingerprint density at radius 2 is 1.87 bits per heavy atom. The molecule has 7 atom stereocenters. The minimum atomic E-state index is -1.52. The van der Waals surface area contributed by atoms with Gasteiger partial charge in [-0.25, -0.2) is 4.98 Å². The highest BCUT2D eigenvalue weighted by Crippen LogP contribution is 2.49. The monoisotopic (exact) mass is 757 g/mol. The van der Waals surface area contributed by atoms with Gasteiger partial charge in [-0.05, 0) is 12.3 Å². The van der Waals surface area contributed by atoms with Crippen LogP contribution in [0.1, 0.15) is 68.1 Å². The van der Waals surface area contributed by atoms with Crippen molar-refractivity contribution in [2.45, 2.75) is 75.4 Å². The van der Waals surface area contributed by atoms with E-state index in [1.54, 1.807) is 0 Å². The number of carbonyl (C=O) groups excluding carboxylic acids is 5. The summed E-state index contributed by atoms with van der Waals surface area (Å²) in [5.41, 5.74) is 4.83. The van der Waals surface area contributed by atoms with Crippen molar-refractivity contribution in [3.63, 3.8) is 0 Å². The third-order valence-electron chi connectivity index (χ3n) is 10.7. The summed E-state index contributed by atoms with van der Waals surface area (Å²) in [5.74, 6) is -6.00. The highest BCUT2D eigenvalue weighted by atomic mass is 32.2. The van der Waals surface area contributed by atoms with Gasteiger partial charge in [0.05, 0.1) is 54.3 Å². The van der Waals surface area contributed by atoms with Gasteiger partial charge in [-0.1, -0.05) is 12.1 Å². The largest absolute Gasteiger partial charge is 0.546 e. The van der Waals surface area contributed by atoms with Crippen molar-refractivity contribution in [3.8, 4) is 5.75 Å². The van der Waals surface area contributed by atoms with E-state index in [-0.39, 0.29) is 70.9 Å². The van der Waals surface area contributed by atoms with Crippen molar-refractivity contribution in [1.82, 2.24) is 14.6 Å². The number of nitrogen functional groups attached to an aromatic ring is 1. The summed E-state index contributed by atoms with van der Waals surface area (Å²) in [6.07, 6.45) is 2.12. The van der Waals surface area contributed by atoms with Gasteiger partial charge >= 0.3 is 0 Å². The first-order valence-corrected chi connectivity index (χ1v) is 18.7. The molecule has 3 saturated heterocycles. The Morgan fingerprint density at radius 3 is 2.46 bits per heavy atom. The topological polar surface area (TPSA) is 258 Å². The zero-order valence-corrected chi connectivity index (χ0v) is 29.9. The first-order valence-electron chi connectivity index (χ1n) is 16.7. The average molecular weight is 758 g/mol. The third kappa shape index (κ3) is 6.79. The molecule has 3 fully saturated rings. The summed E-state index contributed by atoms with van der Waals surface area (Å²) in [6.45, 7) is 1.88. The van der Waals surface area contributed by atoms with Gasteiger partial charge in [0.15, 0.2) is 34.3 Å². The molecule has 6 heterocycles. The summed E-state index contributed by atoms with van der Waals surface area (Å²) >= 11 is 2.37. The molecule has 19 heteroatoms. The number of carbonyl (C=O) groups is 5. The molecule has 278 valence electrons. The Bertz CT molecular complexity index is 1940. The number of aliphatic carboxylic acids is 2. The van der Waals surface area contributed by atoms with E-state index < -0.39 is 58.0 Å². The van der Waals surface area contributed by atoms with E-state index in [0.717, 1.165) is 36.4 Å². The Kier molecular flexibility index (Phi) is 10.2. The van der Waals surface area contributed by atoms with Gasteiger partial charge in [-0.15, -0.1) is 23.1 Å². The van der Waals surface area contributed by atoms with E-state index in [9.17, 15) is 49.3 Å². The van der Waals surface area contributed by atoms with Crippen LogP contribution in [-0.4, -0.2) is 107 Å². The molecule has 0 aromatic carbocycles. The second kappa shape index (κ2) is 14.3. The Morgan fingerprint density at radius 1 is 1.17 bits per heavy atom. The van der Waals surface area contributed by atoms with Gasteiger partial charge < -0.3 is 45.2 Å². The van der Waals surface area contributed by atoms with Crippen molar-refractivity contribution >= 4 is 63.4 Å². The molecule has 2 aromatic heterocycles. The number of carboxylic acid groups (broad SMARTS) is 2.